The molecule has 4 nitrogen and oxygen atoms in total. The van der Waals surface area contributed by atoms with Crippen molar-refractivity contribution in [3.63, 3.8) is 0 Å². The SMILES string of the molecule is COc1ccc2c(c1CC=C(C)C)O[C@H]1c3ccc(O)cc3OCC21. The molecule has 1 N–H and O–H groups in total. The molecule has 0 aromatic heterocycles. The average molecular weight is 338 g/mol. The van der Waals surface area contributed by atoms with Gasteiger partial charge in [0, 0.05) is 22.8 Å². The van der Waals surface area contributed by atoms with E-state index in [1.54, 1.807) is 19.2 Å². The minimum Gasteiger partial charge on any atom is -0.508 e. The Morgan fingerprint density at radius 1 is 1.24 bits per heavy atom. The summed E-state index contributed by atoms with van der Waals surface area (Å²) in [6.45, 7) is 4.72. The van der Waals surface area contributed by atoms with Gasteiger partial charge in [-0.3, -0.25) is 0 Å². The minimum atomic E-state index is -0.0862. The lowest BCUT2D eigenvalue weighted by atomic mass is 9.88. The smallest absolute Gasteiger partial charge is 0.138 e. The largest absolute Gasteiger partial charge is 0.508 e. The quantitative estimate of drug-likeness (QED) is 0.836. The highest BCUT2D eigenvalue weighted by Gasteiger charge is 2.42. The summed E-state index contributed by atoms with van der Waals surface area (Å²) in [5, 5.41) is 9.69. The third-order valence-corrected chi connectivity index (χ3v) is 4.91. The third-order valence-electron chi connectivity index (χ3n) is 4.91. The van der Waals surface area contributed by atoms with E-state index in [4.69, 9.17) is 14.2 Å². The van der Waals surface area contributed by atoms with Gasteiger partial charge in [0.15, 0.2) is 0 Å². The number of methoxy groups -OCH3 is 1. The molecule has 2 aromatic rings. The van der Waals surface area contributed by atoms with Gasteiger partial charge in [-0.1, -0.05) is 17.7 Å². The Kier molecular flexibility index (Phi) is 3.83. The first-order valence-electron chi connectivity index (χ1n) is 8.54. The van der Waals surface area contributed by atoms with Crippen molar-refractivity contribution in [2.24, 2.45) is 0 Å². The second-order valence-electron chi connectivity index (χ2n) is 6.83. The number of benzene rings is 2. The number of allylic oxidation sites excluding steroid dienone is 2. The average Bonchev–Trinajstić information content (AvgIpc) is 2.98. The van der Waals surface area contributed by atoms with Gasteiger partial charge in [-0.2, -0.15) is 0 Å². The van der Waals surface area contributed by atoms with Gasteiger partial charge in [0.25, 0.3) is 0 Å². The van der Waals surface area contributed by atoms with E-state index in [9.17, 15) is 5.11 Å². The zero-order chi connectivity index (χ0) is 17.6. The first kappa shape index (κ1) is 15.9. The van der Waals surface area contributed by atoms with E-state index in [-0.39, 0.29) is 17.8 Å². The van der Waals surface area contributed by atoms with Crippen molar-refractivity contribution in [1.29, 1.82) is 0 Å². The Bertz CT molecular complexity index is 849. The molecule has 0 amide bonds. The molecular formula is C21H22O4. The van der Waals surface area contributed by atoms with E-state index in [0.717, 1.165) is 29.0 Å². The minimum absolute atomic E-state index is 0.0862. The summed E-state index contributed by atoms with van der Waals surface area (Å²) in [7, 11) is 1.69. The van der Waals surface area contributed by atoms with Crippen LogP contribution in [0.25, 0.3) is 0 Å². The van der Waals surface area contributed by atoms with Gasteiger partial charge in [0.1, 0.15) is 29.1 Å². The molecule has 2 aliphatic rings. The summed E-state index contributed by atoms with van der Waals surface area (Å²) in [6.07, 6.45) is 2.88. The third kappa shape index (κ3) is 2.62. The maximum atomic E-state index is 9.69. The zero-order valence-electron chi connectivity index (χ0n) is 14.7. The van der Waals surface area contributed by atoms with Gasteiger partial charge >= 0.3 is 0 Å². The van der Waals surface area contributed by atoms with Crippen LogP contribution < -0.4 is 14.2 Å². The van der Waals surface area contributed by atoms with Gasteiger partial charge in [-0.25, -0.2) is 0 Å². The normalized spacial score (nSPS) is 19.8. The molecule has 1 unspecified atom stereocenters. The van der Waals surface area contributed by atoms with Crippen molar-refractivity contribution >= 4 is 0 Å². The summed E-state index contributed by atoms with van der Waals surface area (Å²) in [6, 6.07) is 9.33. The van der Waals surface area contributed by atoms with Crippen molar-refractivity contribution in [3.05, 3.63) is 58.7 Å². The zero-order valence-corrected chi connectivity index (χ0v) is 14.7. The van der Waals surface area contributed by atoms with Gasteiger partial charge < -0.3 is 19.3 Å². The molecule has 0 fully saturated rings. The van der Waals surface area contributed by atoms with Gasteiger partial charge in [0.05, 0.1) is 19.6 Å². The van der Waals surface area contributed by atoms with Crippen molar-refractivity contribution in [2.45, 2.75) is 32.3 Å². The van der Waals surface area contributed by atoms with Crippen LogP contribution in [0.15, 0.2) is 42.0 Å². The number of ether oxygens (including phenoxy) is 3. The Hall–Kier alpha value is -2.62. The standard InChI is InChI=1S/C21H22O4/c1-12(2)4-6-15-18(23-3)9-8-14-17-11-24-19-10-13(22)5-7-16(19)21(17)25-20(14)15/h4-5,7-10,17,21-22H,6,11H2,1-3H3/t17?,21-/m0/s1. The van der Waals surface area contributed by atoms with Crippen molar-refractivity contribution < 1.29 is 19.3 Å². The number of phenols is 1. The van der Waals surface area contributed by atoms with Crippen LogP contribution in [0.3, 0.4) is 0 Å². The van der Waals surface area contributed by atoms with Crippen LogP contribution in [0.4, 0.5) is 0 Å². The Morgan fingerprint density at radius 2 is 2.04 bits per heavy atom. The second-order valence-corrected chi connectivity index (χ2v) is 6.83. The second kappa shape index (κ2) is 6.03. The van der Waals surface area contributed by atoms with E-state index < -0.39 is 0 Å². The monoisotopic (exact) mass is 338 g/mol. The summed E-state index contributed by atoms with van der Waals surface area (Å²) in [5.41, 5.74) is 4.49. The molecule has 0 aliphatic carbocycles. The highest BCUT2D eigenvalue weighted by Crippen LogP contribution is 2.53. The Balaban J connectivity index is 1.78. The lowest BCUT2D eigenvalue weighted by molar-refractivity contribution is 0.138. The molecule has 2 aliphatic heterocycles. The van der Waals surface area contributed by atoms with Crippen LogP contribution in [-0.2, 0) is 6.42 Å². The molecule has 2 aromatic carbocycles. The Labute approximate surface area is 147 Å². The number of hydrogen-bond acceptors (Lipinski definition) is 4. The van der Waals surface area contributed by atoms with Crippen LogP contribution in [0.2, 0.25) is 0 Å². The summed E-state index contributed by atoms with van der Waals surface area (Å²) in [4.78, 5) is 0. The van der Waals surface area contributed by atoms with E-state index >= 15 is 0 Å². The van der Waals surface area contributed by atoms with Crippen LogP contribution in [-0.4, -0.2) is 18.8 Å². The fraction of sp³-hybridized carbons (Fsp3) is 0.333. The molecule has 0 bridgehead atoms. The molecule has 130 valence electrons. The van der Waals surface area contributed by atoms with Gasteiger partial charge in [-0.05, 0) is 38.5 Å². The molecule has 0 radical (unpaired) electrons. The molecular weight excluding hydrogens is 316 g/mol. The predicted molar refractivity (Wildman–Crippen MR) is 95.8 cm³/mol. The fourth-order valence-corrected chi connectivity index (χ4v) is 3.64. The maximum absolute atomic E-state index is 9.69. The number of fused-ring (bicyclic) bond motifs is 5. The molecule has 0 saturated heterocycles. The van der Waals surface area contributed by atoms with Crippen LogP contribution in [0.1, 0.15) is 42.6 Å². The molecule has 4 rings (SSSR count). The van der Waals surface area contributed by atoms with Gasteiger partial charge in [-0.15, -0.1) is 0 Å². The fourth-order valence-electron chi connectivity index (χ4n) is 3.64. The Morgan fingerprint density at radius 3 is 2.80 bits per heavy atom. The lowest BCUT2D eigenvalue weighted by Gasteiger charge is -2.27. The van der Waals surface area contributed by atoms with E-state index in [1.165, 1.54) is 11.1 Å². The summed E-state index contributed by atoms with van der Waals surface area (Å²) < 4.78 is 17.9. The van der Waals surface area contributed by atoms with Crippen LogP contribution in [0.5, 0.6) is 23.0 Å². The van der Waals surface area contributed by atoms with Crippen molar-refractivity contribution in [2.75, 3.05) is 13.7 Å². The van der Waals surface area contributed by atoms with Gasteiger partial charge in [0.2, 0.25) is 0 Å². The van der Waals surface area contributed by atoms with Crippen LogP contribution >= 0.6 is 0 Å². The molecule has 2 atom stereocenters. The number of aromatic hydroxyl groups is 1. The van der Waals surface area contributed by atoms with E-state index in [0.29, 0.717) is 12.4 Å². The summed E-state index contributed by atoms with van der Waals surface area (Å²) in [5.74, 6) is 2.83. The molecule has 25 heavy (non-hydrogen) atoms. The molecule has 0 spiro atoms. The molecule has 0 saturated carbocycles. The highest BCUT2D eigenvalue weighted by atomic mass is 16.5. The number of rotatable bonds is 3. The van der Waals surface area contributed by atoms with E-state index in [2.05, 4.69) is 26.0 Å². The lowest BCUT2D eigenvalue weighted by Crippen LogP contribution is -2.22. The van der Waals surface area contributed by atoms with Crippen LogP contribution in [0, 0.1) is 0 Å². The number of phenolic OH excluding ortho intramolecular Hbond substituents is 1. The highest BCUT2D eigenvalue weighted by molar-refractivity contribution is 5.57. The van der Waals surface area contributed by atoms with E-state index in [1.807, 2.05) is 12.1 Å². The molecule has 2 heterocycles. The first-order valence-corrected chi connectivity index (χ1v) is 8.54. The first-order chi connectivity index (χ1) is 12.1. The molecule has 4 heteroatoms. The van der Waals surface area contributed by atoms with Crippen molar-refractivity contribution in [3.8, 4) is 23.0 Å². The van der Waals surface area contributed by atoms with Crippen molar-refractivity contribution in [1.82, 2.24) is 0 Å². The predicted octanol–water partition coefficient (Wildman–Crippen LogP) is 4.52. The summed E-state index contributed by atoms with van der Waals surface area (Å²) >= 11 is 0. The maximum Gasteiger partial charge on any atom is 0.138 e. The number of hydrogen-bond donors (Lipinski definition) is 1. The topological polar surface area (TPSA) is 47.9 Å².